The maximum Gasteiger partial charge on any atom is 0.188 e. The number of rotatable bonds is 7. The minimum Gasteiger partial charge on any atom is -0.409 e. The number of amidine groups is 1. The van der Waals surface area contributed by atoms with Crippen LogP contribution in [0.1, 0.15) is 36.9 Å². The fourth-order valence-corrected chi connectivity index (χ4v) is 2.79. The largest absolute Gasteiger partial charge is 0.409 e. The molecule has 6 heteroatoms. The van der Waals surface area contributed by atoms with Crippen LogP contribution in [-0.4, -0.2) is 47.1 Å². The number of pyridine rings is 1. The van der Waals surface area contributed by atoms with E-state index in [-0.39, 0.29) is 5.84 Å². The molecule has 1 aromatic rings. The van der Waals surface area contributed by atoms with Gasteiger partial charge in [0.2, 0.25) is 0 Å². The smallest absolute Gasteiger partial charge is 0.188 e. The molecule has 0 amide bonds. The third-order valence-corrected chi connectivity index (χ3v) is 4.11. The van der Waals surface area contributed by atoms with Gasteiger partial charge in [-0.25, -0.2) is 0 Å². The van der Waals surface area contributed by atoms with Crippen LogP contribution >= 0.6 is 0 Å². The summed E-state index contributed by atoms with van der Waals surface area (Å²) in [6.07, 6.45) is 7.09. The predicted octanol–water partition coefficient (Wildman–Crippen LogP) is 1.14. The number of hydrogen-bond acceptors (Lipinski definition) is 5. The lowest BCUT2D eigenvalue weighted by molar-refractivity contribution is 0.245. The summed E-state index contributed by atoms with van der Waals surface area (Å²) in [5.41, 5.74) is 7.12. The highest BCUT2D eigenvalue weighted by Crippen LogP contribution is 2.21. The fourth-order valence-electron chi connectivity index (χ4n) is 2.79. The van der Waals surface area contributed by atoms with Crippen LogP contribution in [-0.2, 0) is 6.54 Å². The number of oxime groups is 1. The molecule has 1 fully saturated rings. The molecule has 0 radical (unpaired) electrons. The van der Waals surface area contributed by atoms with Crippen molar-refractivity contribution >= 4 is 5.84 Å². The summed E-state index contributed by atoms with van der Waals surface area (Å²) in [6, 6.07) is 4.53. The lowest BCUT2D eigenvalue weighted by Crippen LogP contribution is -2.35. The molecule has 2 rings (SSSR count). The van der Waals surface area contributed by atoms with Crippen LogP contribution in [0.25, 0.3) is 0 Å². The Morgan fingerprint density at radius 2 is 2.29 bits per heavy atom. The molecule has 0 aromatic carbocycles. The molecule has 0 bridgehead atoms. The van der Waals surface area contributed by atoms with Crippen molar-refractivity contribution in [1.82, 2.24) is 15.2 Å². The van der Waals surface area contributed by atoms with Gasteiger partial charge in [-0.15, -0.1) is 0 Å². The summed E-state index contributed by atoms with van der Waals surface area (Å²) in [5, 5.41) is 15.1. The van der Waals surface area contributed by atoms with Gasteiger partial charge in [0.05, 0.1) is 0 Å². The van der Waals surface area contributed by atoms with Gasteiger partial charge in [0.25, 0.3) is 0 Å². The van der Waals surface area contributed by atoms with Gasteiger partial charge < -0.3 is 21.2 Å². The number of likely N-dealkylation sites (N-methyl/N-ethyl adjacent to an activating group) is 1. The van der Waals surface area contributed by atoms with Crippen LogP contribution in [0.15, 0.2) is 23.5 Å². The Morgan fingerprint density at radius 1 is 1.52 bits per heavy atom. The van der Waals surface area contributed by atoms with Gasteiger partial charge in [-0.2, -0.15) is 0 Å². The number of nitrogens with two attached hydrogens (primary N) is 1. The molecule has 1 heterocycles. The fraction of sp³-hybridized carbons (Fsp3) is 0.600. The first-order valence-electron chi connectivity index (χ1n) is 7.54. The zero-order valence-electron chi connectivity index (χ0n) is 12.6. The van der Waals surface area contributed by atoms with Crippen LogP contribution in [0, 0.1) is 0 Å². The molecule has 1 saturated carbocycles. The van der Waals surface area contributed by atoms with Crippen molar-refractivity contribution in [3.63, 3.8) is 0 Å². The van der Waals surface area contributed by atoms with Gasteiger partial charge in [0, 0.05) is 31.9 Å². The molecule has 6 nitrogen and oxygen atoms in total. The monoisotopic (exact) mass is 291 g/mol. The van der Waals surface area contributed by atoms with Gasteiger partial charge in [0.15, 0.2) is 5.84 Å². The topological polar surface area (TPSA) is 86.8 Å². The van der Waals surface area contributed by atoms with E-state index in [9.17, 15) is 0 Å². The summed E-state index contributed by atoms with van der Waals surface area (Å²) in [7, 11) is 2.21. The predicted molar refractivity (Wildman–Crippen MR) is 83.3 cm³/mol. The Hall–Kier alpha value is -1.66. The van der Waals surface area contributed by atoms with E-state index in [0.717, 1.165) is 31.2 Å². The van der Waals surface area contributed by atoms with E-state index in [4.69, 9.17) is 10.9 Å². The summed E-state index contributed by atoms with van der Waals surface area (Å²) in [6.45, 7) is 2.77. The quantitative estimate of drug-likeness (QED) is 0.230. The van der Waals surface area contributed by atoms with Gasteiger partial charge in [-0.05, 0) is 37.6 Å². The Balaban J connectivity index is 1.73. The van der Waals surface area contributed by atoms with Crippen molar-refractivity contribution in [2.24, 2.45) is 10.9 Å². The Kier molecular flexibility index (Phi) is 5.95. The SMILES string of the molecule is CN(CCNCc1ccnc(C(N)=NO)c1)C1CCCC1. The van der Waals surface area contributed by atoms with E-state index in [2.05, 4.69) is 27.4 Å². The first-order valence-corrected chi connectivity index (χ1v) is 7.54. The third kappa shape index (κ3) is 4.68. The summed E-state index contributed by atoms with van der Waals surface area (Å²) >= 11 is 0. The number of nitrogens with one attached hydrogen (secondary N) is 1. The zero-order chi connectivity index (χ0) is 15.1. The number of hydrogen-bond donors (Lipinski definition) is 3. The van der Waals surface area contributed by atoms with Crippen molar-refractivity contribution < 1.29 is 5.21 Å². The Morgan fingerprint density at radius 3 is 3.00 bits per heavy atom. The zero-order valence-corrected chi connectivity index (χ0v) is 12.6. The first kappa shape index (κ1) is 15.7. The van der Waals surface area contributed by atoms with Crippen LogP contribution in [0.3, 0.4) is 0 Å². The molecule has 1 aromatic heterocycles. The highest BCUT2D eigenvalue weighted by atomic mass is 16.4. The summed E-state index contributed by atoms with van der Waals surface area (Å²) < 4.78 is 0. The maximum absolute atomic E-state index is 8.66. The summed E-state index contributed by atoms with van der Waals surface area (Å²) in [4.78, 5) is 6.52. The molecule has 0 atom stereocenters. The molecule has 1 aliphatic carbocycles. The van der Waals surface area contributed by atoms with Crippen molar-refractivity contribution in [2.75, 3.05) is 20.1 Å². The average molecular weight is 291 g/mol. The molecule has 1 aliphatic rings. The normalized spacial score (nSPS) is 16.8. The molecule has 116 valence electrons. The number of aromatic nitrogens is 1. The van der Waals surface area contributed by atoms with Gasteiger partial charge >= 0.3 is 0 Å². The van der Waals surface area contributed by atoms with Crippen molar-refractivity contribution in [2.45, 2.75) is 38.3 Å². The molecular weight excluding hydrogens is 266 g/mol. The second-order valence-electron chi connectivity index (χ2n) is 5.63. The third-order valence-electron chi connectivity index (χ3n) is 4.11. The lowest BCUT2D eigenvalue weighted by Gasteiger charge is -2.24. The minimum absolute atomic E-state index is 0.0396. The van der Waals surface area contributed by atoms with Crippen LogP contribution in [0.2, 0.25) is 0 Å². The molecule has 0 aliphatic heterocycles. The van der Waals surface area contributed by atoms with Crippen LogP contribution < -0.4 is 11.1 Å². The van der Waals surface area contributed by atoms with E-state index < -0.39 is 0 Å². The van der Waals surface area contributed by atoms with Gasteiger partial charge in [0.1, 0.15) is 5.69 Å². The van der Waals surface area contributed by atoms with Crippen molar-refractivity contribution in [3.05, 3.63) is 29.6 Å². The van der Waals surface area contributed by atoms with E-state index in [1.807, 2.05) is 12.1 Å². The van der Waals surface area contributed by atoms with Gasteiger partial charge in [-0.1, -0.05) is 18.0 Å². The van der Waals surface area contributed by atoms with Crippen molar-refractivity contribution in [3.8, 4) is 0 Å². The summed E-state index contributed by atoms with van der Waals surface area (Å²) in [5.74, 6) is 0.0396. The molecule has 4 N–H and O–H groups in total. The standard InChI is InChI=1S/C15H25N5O/c1-20(13-4-2-3-5-13)9-8-17-11-12-6-7-18-14(10-12)15(16)19-21/h6-7,10,13,17,21H,2-5,8-9,11H2,1H3,(H2,16,19). The second-order valence-corrected chi connectivity index (χ2v) is 5.63. The maximum atomic E-state index is 8.66. The number of nitrogens with zero attached hydrogens (tertiary/aromatic N) is 3. The Labute approximate surface area is 126 Å². The Bertz CT molecular complexity index is 471. The van der Waals surface area contributed by atoms with E-state index in [1.54, 1.807) is 6.20 Å². The molecule has 0 unspecified atom stereocenters. The van der Waals surface area contributed by atoms with Gasteiger partial charge in [-0.3, -0.25) is 4.98 Å². The minimum atomic E-state index is 0.0396. The van der Waals surface area contributed by atoms with Crippen LogP contribution in [0.5, 0.6) is 0 Å². The molecule has 0 saturated heterocycles. The van der Waals surface area contributed by atoms with Crippen LogP contribution in [0.4, 0.5) is 0 Å². The highest BCUT2D eigenvalue weighted by molar-refractivity contribution is 5.95. The van der Waals surface area contributed by atoms with E-state index in [0.29, 0.717) is 5.69 Å². The average Bonchev–Trinajstić information content (AvgIpc) is 3.05. The first-order chi connectivity index (χ1) is 10.2. The molecule has 21 heavy (non-hydrogen) atoms. The highest BCUT2D eigenvalue weighted by Gasteiger charge is 2.18. The van der Waals surface area contributed by atoms with E-state index >= 15 is 0 Å². The molecular formula is C15H25N5O. The second kappa shape index (κ2) is 7.95. The lowest BCUT2D eigenvalue weighted by atomic mass is 10.2. The van der Waals surface area contributed by atoms with Crippen molar-refractivity contribution in [1.29, 1.82) is 0 Å². The van der Waals surface area contributed by atoms with E-state index in [1.165, 1.54) is 25.7 Å². The molecule has 0 spiro atoms.